The van der Waals surface area contributed by atoms with Crippen molar-refractivity contribution in [3.8, 4) is 0 Å². The average Bonchev–Trinajstić information content (AvgIpc) is 3.17. The number of aromatic nitrogens is 3. The van der Waals surface area contributed by atoms with Crippen LogP contribution in [0.2, 0.25) is 0 Å². The normalized spacial score (nSPS) is 11.8. The number of amides is 1. The highest BCUT2D eigenvalue weighted by Crippen LogP contribution is 2.27. The van der Waals surface area contributed by atoms with Crippen molar-refractivity contribution < 1.29 is 22.5 Å². The van der Waals surface area contributed by atoms with Crippen molar-refractivity contribution in [2.24, 2.45) is 0 Å². The number of hydrogen-bond acceptors (Lipinski definition) is 4. The molecular formula is C15H13F3N4O2. The van der Waals surface area contributed by atoms with Crippen LogP contribution in [0.1, 0.15) is 22.2 Å². The minimum absolute atomic E-state index is 0.0576. The molecule has 0 aliphatic heterocycles. The Kier molecular flexibility index (Phi) is 4.00. The number of carbonyl (C=O) groups is 1. The molecule has 0 bridgehead atoms. The maximum atomic E-state index is 12.4. The molecule has 9 heteroatoms. The van der Waals surface area contributed by atoms with Crippen molar-refractivity contribution in [3.63, 3.8) is 0 Å². The van der Waals surface area contributed by atoms with Crippen molar-refractivity contribution in [3.05, 3.63) is 47.7 Å². The van der Waals surface area contributed by atoms with Gasteiger partial charge in [0.25, 0.3) is 5.91 Å². The second-order valence-electron chi connectivity index (χ2n) is 5.26. The molecule has 0 atom stereocenters. The van der Waals surface area contributed by atoms with Crippen molar-refractivity contribution in [1.82, 2.24) is 20.0 Å². The lowest BCUT2D eigenvalue weighted by atomic mass is 10.2. The molecule has 2 aromatic heterocycles. The Labute approximate surface area is 134 Å². The van der Waals surface area contributed by atoms with Gasteiger partial charge in [-0.1, -0.05) is 23.4 Å². The summed E-state index contributed by atoms with van der Waals surface area (Å²) in [5.41, 5.74) is 1.24. The quantitative estimate of drug-likeness (QED) is 0.794. The molecule has 0 fully saturated rings. The van der Waals surface area contributed by atoms with Gasteiger partial charge in [0.1, 0.15) is 5.69 Å². The highest BCUT2D eigenvalue weighted by atomic mass is 19.4. The van der Waals surface area contributed by atoms with Gasteiger partial charge < -0.3 is 14.4 Å². The number of alkyl halides is 3. The maximum absolute atomic E-state index is 12.4. The summed E-state index contributed by atoms with van der Waals surface area (Å²) in [5.74, 6) is -1.76. The Morgan fingerprint density at radius 2 is 2.08 bits per heavy atom. The summed E-state index contributed by atoms with van der Waals surface area (Å²) in [6.45, 7) is 0.158. The number of halogens is 3. The van der Waals surface area contributed by atoms with E-state index in [4.69, 9.17) is 0 Å². The van der Waals surface area contributed by atoms with Crippen LogP contribution >= 0.6 is 0 Å². The summed E-state index contributed by atoms with van der Waals surface area (Å²) in [5, 5.41) is 4.17. The molecule has 0 aliphatic rings. The van der Waals surface area contributed by atoms with Gasteiger partial charge in [0.15, 0.2) is 5.82 Å². The highest BCUT2D eigenvalue weighted by molar-refractivity contribution is 5.97. The van der Waals surface area contributed by atoms with E-state index in [0.717, 1.165) is 10.9 Å². The second-order valence-corrected chi connectivity index (χ2v) is 5.26. The maximum Gasteiger partial charge on any atom is 0.471 e. The third-order valence-corrected chi connectivity index (χ3v) is 3.49. The molecule has 24 heavy (non-hydrogen) atoms. The molecule has 0 saturated heterocycles. The van der Waals surface area contributed by atoms with Gasteiger partial charge in [-0.05, 0) is 12.1 Å². The number of benzene rings is 1. The van der Waals surface area contributed by atoms with Crippen molar-refractivity contribution >= 4 is 16.8 Å². The molecule has 1 aromatic carbocycles. The third-order valence-electron chi connectivity index (χ3n) is 3.49. The number of nitrogens with zero attached hydrogens (tertiary/aromatic N) is 3. The summed E-state index contributed by atoms with van der Waals surface area (Å²) < 4.78 is 41.3. The van der Waals surface area contributed by atoms with Crippen LogP contribution in [0.25, 0.3) is 10.9 Å². The fraction of sp³-hybridized carbons (Fsp3) is 0.267. The number of fused-ring (bicyclic) bond motifs is 1. The zero-order chi connectivity index (χ0) is 17.3. The first kappa shape index (κ1) is 16.0. The van der Waals surface area contributed by atoms with E-state index in [2.05, 4.69) is 19.6 Å². The molecule has 0 unspecified atom stereocenters. The van der Waals surface area contributed by atoms with Crippen LogP contribution in [-0.4, -0.2) is 39.5 Å². The lowest BCUT2D eigenvalue weighted by molar-refractivity contribution is -0.159. The number of likely N-dealkylation sites (N-methyl/N-ethyl adjacent to an activating group) is 1. The van der Waals surface area contributed by atoms with Crippen LogP contribution < -0.4 is 0 Å². The Morgan fingerprint density at radius 3 is 2.75 bits per heavy atom. The van der Waals surface area contributed by atoms with Gasteiger partial charge in [-0.15, -0.1) is 0 Å². The first-order valence-corrected chi connectivity index (χ1v) is 7.07. The lowest BCUT2D eigenvalue weighted by Crippen LogP contribution is -2.29. The van der Waals surface area contributed by atoms with E-state index in [9.17, 15) is 18.0 Å². The van der Waals surface area contributed by atoms with Crippen LogP contribution in [0.5, 0.6) is 0 Å². The summed E-state index contributed by atoms with van der Waals surface area (Å²) >= 11 is 0. The van der Waals surface area contributed by atoms with E-state index in [1.54, 1.807) is 13.1 Å². The molecule has 6 nitrogen and oxygen atoms in total. The Morgan fingerprint density at radius 1 is 1.33 bits per heavy atom. The standard InChI is InChI=1S/C15H13F3N4O2/c1-22(7-6-12-20-14(24-21-12)15(16,17)18)13(23)11-8-9-4-2-3-5-10(9)19-11/h2-5,8,19H,6-7H2,1H3. The Hall–Kier alpha value is -2.84. The fourth-order valence-electron chi connectivity index (χ4n) is 2.23. The highest BCUT2D eigenvalue weighted by Gasteiger charge is 2.38. The molecule has 126 valence electrons. The smallest absolute Gasteiger partial charge is 0.351 e. The van der Waals surface area contributed by atoms with Gasteiger partial charge in [0, 0.05) is 30.9 Å². The third kappa shape index (κ3) is 3.24. The molecule has 3 aromatic rings. The lowest BCUT2D eigenvalue weighted by Gasteiger charge is -2.14. The number of rotatable bonds is 4. The predicted octanol–water partition coefficient (Wildman–Crippen LogP) is 2.88. The van der Waals surface area contributed by atoms with Crippen LogP contribution in [0.15, 0.2) is 34.9 Å². The van der Waals surface area contributed by atoms with E-state index >= 15 is 0 Å². The topological polar surface area (TPSA) is 75.0 Å². The SMILES string of the molecule is CN(CCc1noc(C(F)(F)F)n1)C(=O)c1cc2ccccc2[nH]1. The number of H-pyrrole nitrogens is 1. The molecule has 0 saturated carbocycles. The number of para-hydroxylation sites is 1. The van der Waals surface area contributed by atoms with Gasteiger partial charge in [0.2, 0.25) is 0 Å². The van der Waals surface area contributed by atoms with E-state index < -0.39 is 12.1 Å². The number of hydrogen-bond donors (Lipinski definition) is 1. The molecule has 3 rings (SSSR count). The minimum atomic E-state index is -4.67. The van der Waals surface area contributed by atoms with Gasteiger partial charge >= 0.3 is 12.1 Å². The number of carbonyl (C=O) groups excluding carboxylic acids is 1. The predicted molar refractivity (Wildman–Crippen MR) is 78.3 cm³/mol. The largest absolute Gasteiger partial charge is 0.471 e. The van der Waals surface area contributed by atoms with Crippen LogP contribution in [0.3, 0.4) is 0 Å². The molecular weight excluding hydrogens is 325 g/mol. The van der Waals surface area contributed by atoms with E-state index in [0.29, 0.717) is 5.69 Å². The zero-order valence-electron chi connectivity index (χ0n) is 12.6. The van der Waals surface area contributed by atoms with Crippen LogP contribution in [0, 0.1) is 0 Å². The molecule has 2 heterocycles. The first-order valence-electron chi connectivity index (χ1n) is 7.07. The van der Waals surface area contributed by atoms with E-state index in [1.807, 2.05) is 24.3 Å². The van der Waals surface area contributed by atoms with Crippen LogP contribution in [0.4, 0.5) is 13.2 Å². The molecule has 1 N–H and O–H groups in total. The van der Waals surface area contributed by atoms with Gasteiger partial charge in [-0.2, -0.15) is 18.2 Å². The Balaban J connectivity index is 1.65. The van der Waals surface area contributed by atoms with Crippen molar-refractivity contribution in [2.75, 3.05) is 13.6 Å². The summed E-state index contributed by atoms with van der Waals surface area (Å²) in [6.07, 6.45) is -4.61. The number of aromatic amines is 1. The summed E-state index contributed by atoms with van der Waals surface area (Å²) in [4.78, 5) is 20.0. The van der Waals surface area contributed by atoms with E-state index in [1.165, 1.54) is 4.90 Å². The fourth-order valence-corrected chi connectivity index (χ4v) is 2.23. The van der Waals surface area contributed by atoms with E-state index in [-0.39, 0.29) is 24.7 Å². The molecule has 0 spiro atoms. The van der Waals surface area contributed by atoms with Gasteiger partial charge in [-0.3, -0.25) is 4.79 Å². The minimum Gasteiger partial charge on any atom is -0.351 e. The second kappa shape index (κ2) is 5.99. The Bertz CT molecular complexity index is 836. The van der Waals surface area contributed by atoms with Crippen molar-refractivity contribution in [1.29, 1.82) is 0 Å². The number of nitrogens with one attached hydrogen (secondary N) is 1. The first-order chi connectivity index (χ1) is 11.3. The van der Waals surface area contributed by atoms with Crippen molar-refractivity contribution in [2.45, 2.75) is 12.6 Å². The monoisotopic (exact) mass is 338 g/mol. The van der Waals surface area contributed by atoms with Gasteiger partial charge in [0.05, 0.1) is 0 Å². The zero-order valence-corrected chi connectivity index (χ0v) is 12.6. The summed E-state index contributed by atoms with van der Waals surface area (Å²) in [7, 11) is 1.55. The van der Waals surface area contributed by atoms with Crippen LogP contribution in [-0.2, 0) is 12.6 Å². The average molecular weight is 338 g/mol. The molecule has 0 radical (unpaired) electrons. The molecule has 1 amide bonds. The van der Waals surface area contributed by atoms with Gasteiger partial charge in [-0.25, -0.2) is 0 Å². The summed E-state index contributed by atoms with van der Waals surface area (Å²) in [6, 6.07) is 9.17. The molecule has 0 aliphatic carbocycles.